The van der Waals surface area contributed by atoms with Crippen molar-refractivity contribution in [2.24, 2.45) is 0 Å². The lowest BCUT2D eigenvalue weighted by molar-refractivity contribution is 0.174. The van der Waals surface area contributed by atoms with Crippen LogP contribution in [0.1, 0.15) is 11.4 Å². The standard InChI is InChI=1S/C16H16N6O2/c1-9-5-10(2)22(21-9)16-14(17)15(18-7-19-16)20-11-3-4-12-13(6-11)24-8-23-12/h3-7H,8,17H2,1-2H3,(H,18,19,20). The number of rotatable bonds is 3. The van der Waals surface area contributed by atoms with Gasteiger partial charge in [0.05, 0.1) is 5.69 Å². The summed E-state index contributed by atoms with van der Waals surface area (Å²) in [5.74, 6) is 2.45. The molecule has 3 N–H and O–H groups in total. The predicted octanol–water partition coefficient (Wildman–Crippen LogP) is 2.33. The number of aromatic nitrogens is 4. The molecule has 1 aliphatic rings. The number of hydrogen-bond donors (Lipinski definition) is 2. The van der Waals surface area contributed by atoms with Crippen LogP contribution in [-0.4, -0.2) is 26.5 Å². The van der Waals surface area contributed by atoms with Crippen LogP contribution in [0.25, 0.3) is 5.82 Å². The molecule has 24 heavy (non-hydrogen) atoms. The van der Waals surface area contributed by atoms with E-state index in [0.717, 1.165) is 22.8 Å². The number of nitrogens with one attached hydrogen (secondary N) is 1. The van der Waals surface area contributed by atoms with Crippen molar-refractivity contribution in [3.63, 3.8) is 0 Å². The average molecular weight is 324 g/mol. The van der Waals surface area contributed by atoms with Gasteiger partial charge in [0.1, 0.15) is 12.0 Å². The van der Waals surface area contributed by atoms with E-state index in [1.807, 2.05) is 38.1 Å². The van der Waals surface area contributed by atoms with Gasteiger partial charge in [-0.25, -0.2) is 14.6 Å². The van der Waals surface area contributed by atoms with Gasteiger partial charge in [-0.1, -0.05) is 0 Å². The van der Waals surface area contributed by atoms with Crippen LogP contribution in [-0.2, 0) is 0 Å². The molecule has 0 fully saturated rings. The van der Waals surface area contributed by atoms with Gasteiger partial charge in [0.25, 0.3) is 0 Å². The van der Waals surface area contributed by atoms with E-state index in [2.05, 4.69) is 20.4 Å². The molecule has 8 heteroatoms. The summed E-state index contributed by atoms with van der Waals surface area (Å²) in [6.45, 7) is 4.11. The van der Waals surface area contributed by atoms with Crippen LogP contribution in [0, 0.1) is 13.8 Å². The summed E-state index contributed by atoms with van der Waals surface area (Å²) >= 11 is 0. The largest absolute Gasteiger partial charge is 0.454 e. The second-order valence-corrected chi connectivity index (χ2v) is 5.49. The number of fused-ring (bicyclic) bond motifs is 1. The molecule has 2 aromatic heterocycles. The smallest absolute Gasteiger partial charge is 0.231 e. The van der Waals surface area contributed by atoms with Crippen LogP contribution < -0.4 is 20.5 Å². The lowest BCUT2D eigenvalue weighted by atomic mass is 10.2. The van der Waals surface area contributed by atoms with Gasteiger partial charge in [-0.15, -0.1) is 0 Å². The molecule has 0 spiro atoms. The molecule has 3 aromatic rings. The Bertz CT molecular complexity index is 921. The maximum Gasteiger partial charge on any atom is 0.231 e. The molecule has 1 aliphatic heterocycles. The molecular formula is C16H16N6O2. The molecule has 0 amide bonds. The van der Waals surface area contributed by atoms with E-state index in [9.17, 15) is 0 Å². The number of aryl methyl sites for hydroxylation is 2. The number of nitrogens with two attached hydrogens (primary N) is 1. The lowest BCUT2D eigenvalue weighted by Gasteiger charge is -2.12. The van der Waals surface area contributed by atoms with Gasteiger partial charge in [-0.3, -0.25) is 0 Å². The third-order valence-corrected chi connectivity index (χ3v) is 3.71. The van der Waals surface area contributed by atoms with E-state index in [0.29, 0.717) is 23.1 Å². The number of ether oxygens (including phenoxy) is 2. The predicted molar refractivity (Wildman–Crippen MR) is 88.9 cm³/mol. The van der Waals surface area contributed by atoms with E-state index in [4.69, 9.17) is 15.2 Å². The molecule has 122 valence electrons. The third kappa shape index (κ3) is 2.37. The zero-order chi connectivity index (χ0) is 16.7. The van der Waals surface area contributed by atoms with Crippen LogP contribution in [0.3, 0.4) is 0 Å². The van der Waals surface area contributed by atoms with Gasteiger partial charge < -0.3 is 20.5 Å². The molecule has 1 aromatic carbocycles. The zero-order valence-corrected chi connectivity index (χ0v) is 13.3. The minimum Gasteiger partial charge on any atom is -0.454 e. The summed E-state index contributed by atoms with van der Waals surface area (Å²) in [6.07, 6.45) is 1.46. The molecule has 3 heterocycles. The zero-order valence-electron chi connectivity index (χ0n) is 13.3. The Hall–Kier alpha value is -3.29. The number of nitrogens with zero attached hydrogens (tertiary/aromatic N) is 4. The van der Waals surface area contributed by atoms with Gasteiger partial charge in [0, 0.05) is 17.4 Å². The summed E-state index contributed by atoms with van der Waals surface area (Å²) in [5, 5.41) is 7.60. The second-order valence-electron chi connectivity index (χ2n) is 5.49. The van der Waals surface area contributed by atoms with Crippen molar-refractivity contribution >= 4 is 17.2 Å². The van der Waals surface area contributed by atoms with Crippen molar-refractivity contribution in [3.05, 3.63) is 42.0 Å². The van der Waals surface area contributed by atoms with Crippen molar-refractivity contribution in [2.45, 2.75) is 13.8 Å². The van der Waals surface area contributed by atoms with Crippen molar-refractivity contribution < 1.29 is 9.47 Å². The summed E-state index contributed by atoms with van der Waals surface area (Å²) < 4.78 is 12.4. The van der Waals surface area contributed by atoms with Crippen molar-refractivity contribution in [3.8, 4) is 17.3 Å². The first-order valence-electron chi connectivity index (χ1n) is 7.42. The molecule has 0 saturated heterocycles. The number of anilines is 3. The van der Waals surface area contributed by atoms with Crippen LogP contribution >= 0.6 is 0 Å². The third-order valence-electron chi connectivity index (χ3n) is 3.71. The SMILES string of the molecule is Cc1cc(C)n(-c2ncnc(Nc3ccc4c(c3)OCO4)c2N)n1. The maximum absolute atomic E-state index is 6.25. The lowest BCUT2D eigenvalue weighted by Crippen LogP contribution is -2.09. The Balaban J connectivity index is 1.69. The highest BCUT2D eigenvalue weighted by atomic mass is 16.7. The van der Waals surface area contributed by atoms with Crippen LogP contribution in [0.15, 0.2) is 30.6 Å². The summed E-state index contributed by atoms with van der Waals surface area (Å²) in [7, 11) is 0. The van der Waals surface area contributed by atoms with Gasteiger partial charge in [-0.05, 0) is 32.0 Å². The van der Waals surface area contributed by atoms with Gasteiger partial charge in [-0.2, -0.15) is 5.10 Å². The Kier molecular flexibility index (Phi) is 3.23. The topological polar surface area (TPSA) is 100 Å². The normalized spacial score (nSPS) is 12.4. The van der Waals surface area contributed by atoms with E-state index in [1.54, 1.807) is 4.68 Å². The van der Waals surface area contributed by atoms with Gasteiger partial charge in [0.2, 0.25) is 6.79 Å². The van der Waals surface area contributed by atoms with Crippen LogP contribution in [0.4, 0.5) is 17.2 Å². The summed E-state index contributed by atoms with van der Waals surface area (Å²) in [5.41, 5.74) is 9.31. The molecular weight excluding hydrogens is 308 g/mol. The molecule has 0 unspecified atom stereocenters. The van der Waals surface area contributed by atoms with E-state index >= 15 is 0 Å². The van der Waals surface area contributed by atoms with Gasteiger partial charge >= 0.3 is 0 Å². The highest BCUT2D eigenvalue weighted by molar-refractivity contribution is 5.74. The molecule has 0 atom stereocenters. The summed E-state index contributed by atoms with van der Waals surface area (Å²) in [4.78, 5) is 8.49. The minimum absolute atomic E-state index is 0.233. The van der Waals surface area contributed by atoms with Crippen molar-refractivity contribution in [2.75, 3.05) is 17.8 Å². The van der Waals surface area contributed by atoms with Crippen LogP contribution in [0.2, 0.25) is 0 Å². The highest BCUT2D eigenvalue weighted by Crippen LogP contribution is 2.35. The first kappa shape index (κ1) is 14.3. The highest BCUT2D eigenvalue weighted by Gasteiger charge is 2.16. The molecule has 4 rings (SSSR count). The second kappa shape index (κ2) is 5.41. The fraction of sp³-hybridized carbons (Fsp3) is 0.188. The molecule has 8 nitrogen and oxygen atoms in total. The monoisotopic (exact) mass is 324 g/mol. The Morgan fingerprint density at radius 3 is 2.75 bits per heavy atom. The van der Waals surface area contributed by atoms with Crippen LogP contribution in [0.5, 0.6) is 11.5 Å². The van der Waals surface area contributed by atoms with E-state index < -0.39 is 0 Å². The number of hydrogen-bond acceptors (Lipinski definition) is 7. The fourth-order valence-electron chi connectivity index (χ4n) is 2.61. The first-order valence-corrected chi connectivity index (χ1v) is 7.42. The fourth-order valence-corrected chi connectivity index (χ4v) is 2.61. The van der Waals surface area contributed by atoms with E-state index in [-0.39, 0.29) is 6.79 Å². The van der Waals surface area contributed by atoms with Crippen molar-refractivity contribution in [1.29, 1.82) is 0 Å². The Morgan fingerprint density at radius 2 is 1.96 bits per heavy atom. The van der Waals surface area contributed by atoms with Gasteiger partial charge in [0.15, 0.2) is 23.1 Å². The molecule has 0 bridgehead atoms. The molecule has 0 radical (unpaired) electrons. The summed E-state index contributed by atoms with van der Waals surface area (Å²) in [6, 6.07) is 7.52. The number of nitrogen functional groups attached to an aromatic ring is 1. The Morgan fingerprint density at radius 1 is 1.12 bits per heavy atom. The van der Waals surface area contributed by atoms with Crippen molar-refractivity contribution in [1.82, 2.24) is 19.7 Å². The maximum atomic E-state index is 6.25. The minimum atomic E-state index is 0.233. The number of benzene rings is 1. The average Bonchev–Trinajstić information content (AvgIpc) is 3.15. The first-order chi connectivity index (χ1) is 11.6. The molecule has 0 saturated carbocycles. The van der Waals surface area contributed by atoms with E-state index in [1.165, 1.54) is 6.33 Å². The molecule has 0 aliphatic carbocycles. The quantitative estimate of drug-likeness (QED) is 0.762. The Labute approximate surface area is 138 Å².